The molecule has 1 saturated heterocycles. The van der Waals surface area contributed by atoms with Crippen LogP contribution in [0.25, 0.3) is 11.0 Å². The van der Waals surface area contributed by atoms with Gasteiger partial charge in [-0.05, 0) is 37.1 Å². The predicted octanol–water partition coefficient (Wildman–Crippen LogP) is 2.52. The average molecular weight is 463 g/mol. The highest BCUT2D eigenvalue weighted by Gasteiger charge is 2.42. The summed E-state index contributed by atoms with van der Waals surface area (Å²) in [5.74, 6) is 0.715. The van der Waals surface area contributed by atoms with Gasteiger partial charge in [-0.1, -0.05) is 6.07 Å². The van der Waals surface area contributed by atoms with E-state index < -0.39 is 16.1 Å². The minimum absolute atomic E-state index is 0.0695. The van der Waals surface area contributed by atoms with Gasteiger partial charge in [0.15, 0.2) is 0 Å². The van der Waals surface area contributed by atoms with Gasteiger partial charge in [0.25, 0.3) is 0 Å². The lowest BCUT2D eigenvalue weighted by Crippen LogP contribution is -2.46. The number of likely N-dealkylation sites (N-methyl/N-ethyl adjacent to an activating group) is 1. The molecule has 0 aliphatic carbocycles. The zero-order chi connectivity index (χ0) is 22.2. The van der Waals surface area contributed by atoms with Crippen molar-refractivity contribution in [1.82, 2.24) is 13.1 Å². The Hall–Kier alpha value is -2.76. The molecule has 1 aliphatic rings. The van der Waals surface area contributed by atoms with Gasteiger partial charge in [0.1, 0.15) is 33.5 Å². The summed E-state index contributed by atoms with van der Waals surface area (Å²) < 4.78 is 47.2. The summed E-state index contributed by atoms with van der Waals surface area (Å²) in [6.45, 7) is 0.260. The maximum atomic E-state index is 13.5. The van der Waals surface area contributed by atoms with Crippen molar-refractivity contribution in [3.8, 4) is 11.5 Å². The first-order chi connectivity index (χ1) is 14.9. The number of aromatic nitrogens is 2. The van der Waals surface area contributed by atoms with Crippen molar-refractivity contribution in [3.63, 3.8) is 0 Å². The molecule has 0 spiro atoms. The molecule has 0 radical (unpaired) electrons. The van der Waals surface area contributed by atoms with Gasteiger partial charge in [-0.25, -0.2) is 8.42 Å². The molecular weight excluding hydrogens is 440 g/mol. The molecule has 1 fully saturated rings. The van der Waals surface area contributed by atoms with Crippen molar-refractivity contribution >= 4 is 44.4 Å². The van der Waals surface area contributed by atoms with Crippen molar-refractivity contribution in [1.29, 1.82) is 0 Å². The topological polar surface area (TPSA) is 102 Å². The Balaban J connectivity index is 1.68. The normalized spacial score (nSPS) is 17.1. The van der Waals surface area contributed by atoms with Gasteiger partial charge >= 0.3 is 0 Å². The quantitative estimate of drug-likeness (QED) is 0.555. The van der Waals surface area contributed by atoms with Gasteiger partial charge in [-0.2, -0.15) is 13.1 Å². The Bertz CT molecular complexity index is 1230. The van der Waals surface area contributed by atoms with E-state index in [-0.39, 0.29) is 17.3 Å². The van der Waals surface area contributed by atoms with Gasteiger partial charge in [0.05, 0.1) is 31.6 Å². The molecule has 2 aromatic carbocycles. The molecule has 9 nitrogen and oxygen atoms in total. The first kappa shape index (κ1) is 21.5. The summed E-state index contributed by atoms with van der Waals surface area (Å²) in [6.07, 6.45) is 1.02. The SMILES string of the molecule is COc1ccc(OC)c(N(C)C(=O)[C@H]2CCCN2S(=O)(=O)c2cccc3nsnc23)c1. The molecule has 3 aromatic rings. The number of methoxy groups -OCH3 is 2. The zero-order valence-electron chi connectivity index (χ0n) is 17.3. The zero-order valence-corrected chi connectivity index (χ0v) is 18.9. The number of hydrogen-bond donors (Lipinski definition) is 0. The molecule has 0 bridgehead atoms. The molecule has 0 saturated carbocycles. The maximum absolute atomic E-state index is 13.5. The Morgan fingerprint density at radius 2 is 2.00 bits per heavy atom. The van der Waals surface area contributed by atoms with Crippen LogP contribution in [0.1, 0.15) is 12.8 Å². The highest BCUT2D eigenvalue weighted by Crippen LogP contribution is 2.35. The number of hydrogen-bond acceptors (Lipinski definition) is 8. The van der Waals surface area contributed by atoms with E-state index in [2.05, 4.69) is 8.75 Å². The Morgan fingerprint density at radius 1 is 1.19 bits per heavy atom. The summed E-state index contributed by atoms with van der Waals surface area (Å²) in [7, 11) is 0.712. The van der Waals surface area contributed by atoms with E-state index in [4.69, 9.17) is 9.47 Å². The van der Waals surface area contributed by atoms with Crippen LogP contribution in [0.3, 0.4) is 0 Å². The largest absolute Gasteiger partial charge is 0.497 e. The molecule has 1 aromatic heterocycles. The molecule has 2 heterocycles. The van der Waals surface area contributed by atoms with Gasteiger partial charge in [-0.3, -0.25) is 4.79 Å². The Labute approximate surface area is 184 Å². The van der Waals surface area contributed by atoms with Gasteiger partial charge in [0.2, 0.25) is 15.9 Å². The molecular formula is C20H22N4O5S2. The van der Waals surface area contributed by atoms with E-state index in [1.165, 1.54) is 29.5 Å². The number of benzene rings is 2. The molecule has 164 valence electrons. The monoisotopic (exact) mass is 462 g/mol. The van der Waals surface area contributed by atoms with E-state index in [1.54, 1.807) is 37.4 Å². The number of nitrogens with zero attached hydrogens (tertiary/aromatic N) is 4. The van der Waals surface area contributed by atoms with Gasteiger partial charge in [0, 0.05) is 19.7 Å². The molecule has 1 atom stereocenters. The third-order valence-corrected chi connectivity index (χ3v) is 7.88. The highest BCUT2D eigenvalue weighted by atomic mass is 32.2. The van der Waals surface area contributed by atoms with Crippen LogP contribution in [-0.2, 0) is 14.8 Å². The van der Waals surface area contributed by atoms with Crippen molar-refractivity contribution in [2.45, 2.75) is 23.8 Å². The van der Waals surface area contributed by atoms with E-state index >= 15 is 0 Å². The van der Waals surface area contributed by atoms with Crippen LogP contribution in [0.15, 0.2) is 41.3 Å². The second-order valence-corrected chi connectivity index (χ2v) is 9.48. The maximum Gasteiger partial charge on any atom is 0.246 e. The van der Waals surface area contributed by atoms with E-state index in [9.17, 15) is 13.2 Å². The first-order valence-electron chi connectivity index (χ1n) is 9.61. The van der Waals surface area contributed by atoms with Gasteiger partial charge < -0.3 is 14.4 Å². The second-order valence-electron chi connectivity index (χ2n) is 7.10. The smallest absolute Gasteiger partial charge is 0.246 e. The number of sulfonamides is 1. The van der Waals surface area contributed by atoms with Crippen LogP contribution < -0.4 is 14.4 Å². The third-order valence-electron chi connectivity index (χ3n) is 5.40. The minimum atomic E-state index is -3.94. The minimum Gasteiger partial charge on any atom is -0.497 e. The fourth-order valence-electron chi connectivity index (χ4n) is 3.79. The van der Waals surface area contributed by atoms with Crippen molar-refractivity contribution in [2.24, 2.45) is 0 Å². The molecule has 1 aliphatic heterocycles. The molecule has 1 amide bonds. The molecule has 0 unspecified atom stereocenters. The first-order valence-corrected chi connectivity index (χ1v) is 11.8. The second kappa shape index (κ2) is 8.40. The average Bonchev–Trinajstić information content (AvgIpc) is 3.47. The lowest BCUT2D eigenvalue weighted by Gasteiger charge is -2.28. The van der Waals surface area contributed by atoms with Crippen LogP contribution in [0.4, 0.5) is 5.69 Å². The summed E-state index contributed by atoms with van der Waals surface area (Å²) >= 11 is 0.959. The Morgan fingerprint density at radius 3 is 2.74 bits per heavy atom. The van der Waals surface area contributed by atoms with Crippen molar-refractivity contribution in [2.75, 3.05) is 32.7 Å². The lowest BCUT2D eigenvalue weighted by molar-refractivity contribution is -0.121. The molecule has 11 heteroatoms. The summed E-state index contributed by atoms with van der Waals surface area (Å²) in [5, 5.41) is 0. The fraction of sp³-hybridized carbons (Fsp3) is 0.350. The fourth-order valence-corrected chi connectivity index (χ4v) is 6.20. The number of carbonyl (C=O) groups excluding carboxylic acids is 1. The lowest BCUT2D eigenvalue weighted by atomic mass is 10.2. The summed E-state index contributed by atoms with van der Waals surface area (Å²) in [4.78, 5) is 14.9. The third kappa shape index (κ3) is 3.73. The molecule has 31 heavy (non-hydrogen) atoms. The van der Waals surface area contributed by atoms with E-state index in [0.29, 0.717) is 41.1 Å². The Kier molecular flexibility index (Phi) is 5.82. The number of carbonyl (C=O) groups is 1. The molecule has 4 rings (SSSR count). The van der Waals surface area contributed by atoms with Crippen LogP contribution in [-0.4, -0.2) is 61.2 Å². The summed E-state index contributed by atoms with van der Waals surface area (Å²) in [6, 6.07) is 9.16. The predicted molar refractivity (Wildman–Crippen MR) is 117 cm³/mol. The van der Waals surface area contributed by atoms with Crippen molar-refractivity contribution < 1.29 is 22.7 Å². The summed E-state index contributed by atoms with van der Waals surface area (Å²) in [5.41, 5.74) is 1.35. The number of rotatable bonds is 6. The van der Waals surface area contributed by atoms with E-state index in [1.807, 2.05) is 0 Å². The van der Waals surface area contributed by atoms with Gasteiger partial charge in [-0.15, -0.1) is 0 Å². The van der Waals surface area contributed by atoms with Crippen LogP contribution in [0.5, 0.6) is 11.5 Å². The van der Waals surface area contributed by atoms with Crippen LogP contribution in [0.2, 0.25) is 0 Å². The highest BCUT2D eigenvalue weighted by molar-refractivity contribution is 7.89. The van der Waals surface area contributed by atoms with Crippen molar-refractivity contribution in [3.05, 3.63) is 36.4 Å². The van der Waals surface area contributed by atoms with E-state index in [0.717, 1.165) is 11.7 Å². The number of amides is 1. The van der Waals surface area contributed by atoms with Crippen LogP contribution in [0, 0.1) is 0 Å². The number of fused-ring (bicyclic) bond motifs is 1. The molecule has 0 N–H and O–H groups in total. The number of anilines is 1. The number of ether oxygens (including phenoxy) is 2. The standard InChI is InChI=1S/C20H22N4O5S2/c1-23(16-12-13(28-2)9-10-17(16)29-3)20(25)15-7-5-11-24(15)31(26,27)18-8-4-6-14-19(18)22-30-21-14/h4,6,8-10,12,15H,5,7,11H2,1-3H3/t15-/m1/s1. The van der Waals surface area contributed by atoms with Crippen LogP contribution >= 0.6 is 11.7 Å².